The second-order valence-electron chi connectivity index (χ2n) is 6.12. The van der Waals surface area contributed by atoms with Crippen LogP contribution in [0.2, 0.25) is 5.02 Å². The number of nitrogens with zero attached hydrogens (tertiary/aromatic N) is 1. The predicted molar refractivity (Wildman–Crippen MR) is 108 cm³/mol. The zero-order valence-electron chi connectivity index (χ0n) is 14.6. The number of benzene rings is 1. The molecule has 7 nitrogen and oxygen atoms in total. The third-order valence-corrected chi connectivity index (χ3v) is 5.43. The maximum Gasteiger partial charge on any atom is 0.331 e. The van der Waals surface area contributed by atoms with Crippen molar-refractivity contribution in [2.24, 2.45) is 0 Å². The maximum absolute atomic E-state index is 12.7. The van der Waals surface area contributed by atoms with Gasteiger partial charge in [-0.15, -0.1) is 0 Å². The number of hydrogen-bond acceptors (Lipinski definition) is 5. The smallest absolute Gasteiger partial charge is 0.331 e. The summed E-state index contributed by atoms with van der Waals surface area (Å²) >= 11 is 9.43. The number of carbonyl (C=O) groups is 3. The minimum absolute atomic E-state index is 0.0942. The van der Waals surface area contributed by atoms with Crippen LogP contribution in [0.15, 0.2) is 67.6 Å². The van der Waals surface area contributed by atoms with Crippen LogP contribution >= 0.6 is 27.5 Å². The van der Waals surface area contributed by atoms with Crippen molar-refractivity contribution in [2.75, 3.05) is 0 Å². The number of furan rings is 2. The zero-order valence-corrected chi connectivity index (χ0v) is 17.0. The van der Waals surface area contributed by atoms with Gasteiger partial charge in [0.2, 0.25) is 0 Å². The lowest BCUT2D eigenvalue weighted by Gasteiger charge is -2.25. The lowest BCUT2D eigenvalue weighted by molar-refractivity contribution is -0.130. The van der Waals surface area contributed by atoms with Gasteiger partial charge in [0, 0.05) is 10.0 Å². The summed E-state index contributed by atoms with van der Waals surface area (Å²) < 4.78 is 11.7. The van der Waals surface area contributed by atoms with E-state index in [1.807, 2.05) is 6.07 Å². The molecule has 4 rings (SSSR count). The van der Waals surface area contributed by atoms with Crippen molar-refractivity contribution in [3.63, 3.8) is 0 Å². The fraction of sp³-hybridized carbons (Fsp3) is 0.0500. The summed E-state index contributed by atoms with van der Waals surface area (Å²) in [6.07, 6.45) is 2.73. The van der Waals surface area contributed by atoms with Gasteiger partial charge >= 0.3 is 6.03 Å². The van der Waals surface area contributed by atoms with Crippen LogP contribution in [0.1, 0.15) is 11.5 Å². The first kappa shape index (κ1) is 19.2. The number of barbiturate groups is 1. The van der Waals surface area contributed by atoms with Gasteiger partial charge in [-0.05, 0) is 58.4 Å². The third-order valence-electron chi connectivity index (χ3n) is 4.20. The van der Waals surface area contributed by atoms with Gasteiger partial charge in [-0.1, -0.05) is 17.7 Å². The third kappa shape index (κ3) is 3.90. The summed E-state index contributed by atoms with van der Waals surface area (Å²) in [5, 5.41) is 2.67. The highest BCUT2D eigenvalue weighted by Crippen LogP contribution is 2.30. The molecule has 2 aromatic heterocycles. The molecule has 146 valence electrons. The number of hydrogen-bond donors (Lipinski definition) is 1. The molecule has 3 heterocycles. The van der Waals surface area contributed by atoms with Crippen LogP contribution in [-0.2, 0) is 16.1 Å². The standard InChI is InChI=1S/C20H12BrClN2O5/c21-15-5-3-11(8-16(15)22)17-6-4-12(29-17)9-14-18(25)23-20(27)24(19(14)26)10-13-2-1-7-28-13/h1-9H,10H2,(H,23,25,27). The van der Waals surface area contributed by atoms with Crippen LogP contribution in [-0.4, -0.2) is 22.7 Å². The van der Waals surface area contributed by atoms with E-state index in [-0.39, 0.29) is 17.9 Å². The van der Waals surface area contributed by atoms with Crippen molar-refractivity contribution < 1.29 is 23.2 Å². The van der Waals surface area contributed by atoms with Crippen molar-refractivity contribution in [3.8, 4) is 11.3 Å². The molecular formula is C20H12BrClN2O5. The predicted octanol–water partition coefficient (Wildman–Crippen LogP) is 4.62. The van der Waals surface area contributed by atoms with E-state index in [0.29, 0.717) is 16.5 Å². The molecule has 0 radical (unpaired) electrons. The molecule has 0 spiro atoms. The second-order valence-corrected chi connectivity index (χ2v) is 7.38. The Morgan fingerprint density at radius 3 is 2.69 bits per heavy atom. The van der Waals surface area contributed by atoms with Crippen molar-refractivity contribution in [3.05, 3.63) is 75.3 Å². The van der Waals surface area contributed by atoms with Crippen molar-refractivity contribution in [2.45, 2.75) is 6.54 Å². The summed E-state index contributed by atoms with van der Waals surface area (Å²) in [5.74, 6) is -0.321. The number of imide groups is 2. The van der Waals surface area contributed by atoms with Crippen LogP contribution in [0.25, 0.3) is 17.4 Å². The van der Waals surface area contributed by atoms with E-state index in [9.17, 15) is 14.4 Å². The second kappa shape index (κ2) is 7.73. The Labute approximate surface area is 178 Å². The molecule has 4 amide bonds. The number of carbonyl (C=O) groups excluding carboxylic acids is 3. The van der Waals surface area contributed by atoms with Crippen LogP contribution in [0.4, 0.5) is 4.79 Å². The molecule has 29 heavy (non-hydrogen) atoms. The van der Waals surface area contributed by atoms with E-state index in [1.54, 1.807) is 36.4 Å². The van der Waals surface area contributed by atoms with Gasteiger partial charge in [0.1, 0.15) is 22.9 Å². The van der Waals surface area contributed by atoms with Crippen LogP contribution in [0, 0.1) is 0 Å². The van der Waals surface area contributed by atoms with Crippen LogP contribution in [0.3, 0.4) is 0 Å². The molecule has 1 N–H and O–H groups in total. The summed E-state index contributed by atoms with van der Waals surface area (Å²) in [7, 11) is 0. The fourth-order valence-corrected chi connectivity index (χ4v) is 3.20. The molecule has 1 aromatic carbocycles. The van der Waals surface area contributed by atoms with Gasteiger partial charge in [0.25, 0.3) is 11.8 Å². The largest absolute Gasteiger partial charge is 0.467 e. The Morgan fingerprint density at radius 1 is 1.14 bits per heavy atom. The Kier molecular flexibility index (Phi) is 5.12. The summed E-state index contributed by atoms with van der Waals surface area (Å²) in [4.78, 5) is 37.8. The highest BCUT2D eigenvalue weighted by molar-refractivity contribution is 9.10. The Bertz CT molecular complexity index is 1150. The van der Waals surface area contributed by atoms with E-state index >= 15 is 0 Å². The van der Waals surface area contributed by atoms with Crippen molar-refractivity contribution in [1.82, 2.24) is 10.2 Å². The molecule has 9 heteroatoms. The lowest BCUT2D eigenvalue weighted by atomic mass is 10.1. The highest BCUT2D eigenvalue weighted by Gasteiger charge is 2.36. The van der Waals surface area contributed by atoms with Gasteiger partial charge in [0.05, 0.1) is 17.8 Å². The van der Waals surface area contributed by atoms with Crippen molar-refractivity contribution >= 4 is 51.5 Å². The number of urea groups is 1. The van der Waals surface area contributed by atoms with Gasteiger partial charge in [0.15, 0.2) is 0 Å². The minimum Gasteiger partial charge on any atom is -0.467 e. The molecule has 0 atom stereocenters. The SMILES string of the molecule is O=C1NC(=O)N(Cc2ccco2)C(=O)C1=Cc1ccc(-c2ccc(Br)c(Cl)c2)o1. The number of amides is 4. The van der Waals surface area contributed by atoms with Crippen LogP contribution < -0.4 is 5.32 Å². The molecule has 3 aromatic rings. The fourth-order valence-electron chi connectivity index (χ4n) is 2.77. The molecule has 1 fully saturated rings. The summed E-state index contributed by atoms with van der Waals surface area (Å²) in [6.45, 7) is -0.0942. The van der Waals surface area contributed by atoms with Gasteiger partial charge in [-0.25, -0.2) is 4.79 Å². The molecule has 0 bridgehead atoms. The summed E-state index contributed by atoms with van der Waals surface area (Å²) in [6, 6.07) is 11.1. The number of halogens is 2. The molecule has 1 saturated heterocycles. The minimum atomic E-state index is -0.807. The van der Waals surface area contributed by atoms with Gasteiger partial charge in [-0.3, -0.25) is 19.8 Å². The molecular weight excluding hydrogens is 464 g/mol. The number of nitrogens with one attached hydrogen (secondary N) is 1. The van der Waals surface area contributed by atoms with E-state index < -0.39 is 17.8 Å². The lowest BCUT2D eigenvalue weighted by Crippen LogP contribution is -2.53. The van der Waals surface area contributed by atoms with Gasteiger partial charge in [-0.2, -0.15) is 0 Å². The topological polar surface area (TPSA) is 92.8 Å². The molecule has 0 saturated carbocycles. The van der Waals surface area contributed by atoms with E-state index in [2.05, 4.69) is 21.2 Å². The Hall–Kier alpha value is -3.10. The highest BCUT2D eigenvalue weighted by atomic mass is 79.9. The summed E-state index contributed by atoms with van der Waals surface area (Å²) in [5.41, 5.74) is 0.516. The average Bonchev–Trinajstić information content (AvgIpc) is 3.36. The normalized spacial score (nSPS) is 15.9. The average molecular weight is 476 g/mol. The first-order valence-electron chi connectivity index (χ1n) is 8.39. The molecule has 1 aliphatic rings. The number of rotatable bonds is 4. The van der Waals surface area contributed by atoms with E-state index in [0.717, 1.165) is 14.9 Å². The van der Waals surface area contributed by atoms with Gasteiger partial charge < -0.3 is 8.83 Å². The first-order valence-corrected chi connectivity index (χ1v) is 9.56. The molecule has 1 aliphatic heterocycles. The quantitative estimate of drug-likeness (QED) is 0.439. The molecule has 0 unspecified atom stereocenters. The van der Waals surface area contributed by atoms with Crippen molar-refractivity contribution in [1.29, 1.82) is 0 Å². The van der Waals surface area contributed by atoms with E-state index in [4.69, 9.17) is 20.4 Å². The molecule has 0 aliphatic carbocycles. The maximum atomic E-state index is 12.7. The Balaban J connectivity index is 1.61. The van der Waals surface area contributed by atoms with E-state index in [1.165, 1.54) is 12.3 Å². The van der Waals surface area contributed by atoms with Crippen LogP contribution in [0.5, 0.6) is 0 Å². The first-order chi connectivity index (χ1) is 13.9. The Morgan fingerprint density at radius 2 is 1.97 bits per heavy atom. The zero-order chi connectivity index (χ0) is 20.5. The monoisotopic (exact) mass is 474 g/mol.